The minimum atomic E-state index is -3.55. The minimum absolute atomic E-state index is 0.108. The van der Waals surface area contributed by atoms with Gasteiger partial charge in [-0.2, -0.15) is 4.31 Å². The SMILES string of the molecule is CCCN(CCC)S(=O)(=O)c1ccc(N2C[C@H](C(=O)NCC(C)C)CC2=O)cc1. The molecule has 1 aliphatic rings. The maximum atomic E-state index is 12.9. The Kier molecular flexibility index (Phi) is 8.22. The average Bonchev–Trinajstić information content (AvgIpc) is 3.07. The largest absolute Gasteiger partial charge is 0.356 e. The summed E-state index contributed by atoms with van der Waals surface area (Å²) < 4.78 is 27.2. The summed E-state index contributed by atoms with van der Waals surface area (Å²) in [5.74, 6) is -0.261. The van der Waals surface area contributed by atoms with E-state index in [0.717, 1.165) is 12.8 Å². The van der Waals surface area contributed by atoms with Crippen molar-refractivity contribution in [2.24, 2.45) is 11.8 Å². The molecular weight excluding hydrogens is 390 g/mol. The van der Waals surface area contributed by atoms with E-state index in [1.165, 1.54) is 4.31 Å². The number of sulfonamides is 1. The van der Waals surface area contributed by atoms with E-state index in [0.29, 0.717) is 37.8 Å². The third-order valence-corrected chi connectivity index (χ3v) is 6.83. The monoisotopic (exact) mass is 423 g/mol. The van der Waals surface area contributed by atoms with Gasteiger partial charge in [0.2, 0.25) is 21.8 Å². The molecule has 162 valence electrons. The Morgan fingerprint density at radius 3 is 2.28 bits per heavy atom. The minimum Gasteiger partial charge on any atom is -0.356 e. The van der Waals surface area contributed by atoms with Crippen molar-refractivity contribution in [1.29, 1.82) is 0 Å². The van der Waals surface area contributed by atoms with Gasteiger partial charge in [0.15, 0.2) is 0 Å². The van der Waals surface area contributed by atoms with Crippen molar-refractivity contribution in [1.82, 2.24) is 9.62 Å². The molecule has 0 bridgehead atoms. The highest BCUT2D eigenvalue weighted by Gasteiger charge is 2.35. The quantitative estimate of drug-likeness (QED) is 0.627. The highest BCUT2D eigenvalue weighted by Crippen LogP contribution is 2.27. The second-order valence-electron chi connectivity index (χ2n) is 7.94. The zero-order valence-electron chi connectivity index (χ0n) is 17.8. The van der Waals surface area contributed by atoms with Gasteiger partial charge in [0.05, 0.1) is 10.8 Å². The second kappa shape index (κ2) is 10.2. The van der Waals surface area contributed by atoms with Crippen LogP contribution in [0.5, 0.6) is 0 Å². The normalized spacial score (nSPS) is 17.4. The summed E-state index contributed by atoms with van der Waals surface area (Å²) >= 11 is 0. The lowest BCUT2D eigenvalue weighted by Gasteiger charge is -2.22. The number of rotatable bonds is 10. The highest BCUT2D eigenvalue weighted by atomic mass is 32.2. The Morgan fingerprint density at radius 1 is 1.17 bits per heavy atom. The molecular formula is C21H33N3O4S. The lowest BCUT2D eigenvalue weighted by atomic mass is 10.1. The van der Waals surface area contributed by atoms with Gasteiger partial charge in [0.1, 0.15) is 0 Å². The zero-order valence-corrected chi connectivity index (χ0v) is 18.7. The fraction of sp³-hybridized carbons (Fsp3) is 0.619. The molecule has 0 radical (unpaired) electrons. The summed E-state index contributed by atoms with van der Waals surface area (Å²) in [5, 5.41) is 2.88. The standard InChI is InChI=1S/C21H33N3O4S/c1-5-11-23(12-6-2)29(27,28)19-9-7-18(8-10-19)24-15-17(13-20(24)25)21(26)22-14-16(3)4/h7-10,16-17H,5-6,11-15H2,1-4H3,(H,22,26)/t17-/m1/s1. The Bertz CT molecular complexity index is 800. The molecule has 1 heterocycles. The maximum absolute atomic E-state index is 12.9. The van der Waals surface area contributed by atoms with Crippen LogP contribution in [0.1, 0.15) is 47.0 Å². The van der Waals surface area contributed by atoms with E-state index in [1.807, 2.05) is 27.7 Å². The summed E-state index contributed by atoms with van der Waals surface area (Å²) in [5.41, 5.74) is 0.616. The molecule has 1 aromatic carbocycles. The zero-order chi connectivity index (χ0) is 21.6. The van der Waals surface area contributed by atoms with Crippen LogP contribution in [0.3, 0.4) is 0 Å². The van der Waals surface area contributed by atoms with Gasteiger partial charge in [0, 0.05) is 38.3 Å². The van der Waals surface area contributed by atoms with Gasteiger partial charge in [0.25, 0.3) is 0 Å². The molecule has 1 atom stereocenters. The second-order valence-corrected chi connectivity index (χ2v) is 9.88. The van der Waals surface area contributed by atoms with E-state index in [1.54, 1.807) is 29.2 Å². The van der Waals surface area contributed by atoms with Crippen LogP contribution in [-0.2, 0) is 19.6 Å². The van der Waals surface area contributed by atoms with E-state index >= 15 is 0 Å². The van der Waals surface area contributed by atoms with Crippen molar-refractivity contribution in [3.05, 3.63) is 24.3 Å². The highest BCUT2D eigenvalue weighted by molar-refractivity contribution is 7.89. The molecule has 1 saturated heterocycles. The van der Waals surface area contributed by atoms with Crippen molar-refractivity contribution in [3.8, 4) is 0 Å². The number of anilines is 1. The molecule has 0 aromatic heterocycles. The fourth-order valence-corrected chi connectivity index (χ4v) is 5.00. The molecule has 0 saturated carbocycles. The summed E-state index contributed by atoms with van der Waals surface area (Å²) in [4.78, 5) is 26.5. The van der Waals surface area contributed by atoms with Crippen LogP contribution in [0.2, 0.25) is 0 Å². The van der Waals surface area contributed by atoms with Crippen molar-refractivity contribution < 1.29 is 18.0 Å². The number of hydrogen-bond acceptors (Lipinski definition) is 4. The molecule has 29 heavy (non-hydrogen) atoms. The predicted octanol–water partition coefficient (Wildman–Crippen LogP) is 2.62. The Balaban J connectivity index is 2.11. The van der Waals surface area contributed by atoms with Crippen molar-refractivity contribution in [3.63, 3.8) is 0 Å². The molecule has 0 unspecified atom stereocenters. The van der Waals surface area contributed by atoms with E-state index in [4.69, 9.17) is 0 Å². The van der Waals surface area contributed by atoms with Gasteiger partial charge >= 0.3 is 0 Å². The lowest BCUT2D eigenvalue weighted by Crippen LogP contribution is -2.35. The van der Waals surface area contributed by atoms with Crippen LogP contribution in [0.4, 0.5) is 5.69 Å². The first-order valence-corrected chi connectivity index (χ1v) is 11.8. The number of carbonyl (C=O) groups is 2. The summed E-state index contributed by atoms with van der Waals surface area (Å²) in [7, 11) is -3.55. The van der Waals surface area contributed by atoms with Gasteiger partial charge in [-0.25, -0.2) is 8.42 Å². The molecule has 2 rings (SSSR count). The first kappa shape index (κ1) is 23.3. The van der Waals surface area contributed by atoms with Gasteiger partial charge in [-0.15, -0.1) is 0 Å². The van der Waals surface area contributed by atoms with Crippen LogP contribution in [0.15, 0.2) is 29.2 Å². The number of nitrogens with one attached hydrogen (secondary N) is 1. The van der Waals surface area contributed by atoms with Gasteiger partial charge in [-0.3, -0.25) is 9.59 Å². The van der Waals surface area contributed by atoms with Crippen LogP contribution in [0.25, 0.3) is 0 Å². The number of carbonyl (C=O) groups excluding carboxylic acids is 2. The van der Waals surface area contributed by atoms with Crippen LogP contribution < -0.4 is 10.2 Å². The number of nitrogens with zero attached hydrogens (tertiary/aromatic N) is 2. The van der Waals surface area contributed by atoms with Crippen molar-refractivity contribution in [2.45, 2.75) is 51.9 Å². The molecule has 0 spiro atoms. The van der Waals surface area contributed by atoms with Crippen molar-refractivity contribution >= 4 is 27.5 Å². The van der Waals surface area contributed by atoms with Gasteiger partial charge in [-0.05, 0) is 43.0 Å². The van der Waals surface area contributed by atoms with Crippen molar-refractivity contribution in [2.75, 3.05) is 31.1 Å². The Labute approximate surface area is 174 Å². The first-order chi connectivity index (χ1) is 13.7. The summed E-state index contributed by atoms with van der Waals surface area (Å²) in [6.07, 6.45) is 1.67. The fourth-order valence-electron chi connectivity index (χ4n) is 3.38. The van der Waals surface area contributed by atoms with E-state index in [9.17, 15) is 18.0 Å². The third kappa shape index (κ3) is 5.79. The van der Waals surface area contributed by atoms with Crippen LogP contribution in [-0.4, -0.2) is 50.7 Å². The molecule has 2 amide bonds. The molecule has 1 N–H and O–H groups in total. The van der Waals surface area contributed by atoms with Gasteiger partial charge in [-0.1, -0.05) is 27.7 Å². The summed E-state index contributed by atoms with van der Waals surface area (Å²) in [6.45, 7) is 9.80. The number of benzene rings is 1. The lowest BCUT2D eigenvalue weighted by molar-refractivity contribution is -0.126. The van der Waals surface area contributed by atoms with E-state index in [2.05, 4.69) is 5.32 Å². The summed E-state index contributed by atoms with van der Waals surface area (Å²) in [6, 6.07) is 6.38. The van der Waals surface area contributed by atoms with E-state index < -0.39 is 10.0 Å². The molecule has 0 aliphatic carbocycles. The Hall–Kier alpha value is -1.93. The Morgan fingerprint density at radius 2 is 1.76 bits per heavy atom. The first-order valence-electron chi connectivity index (χ1n) is 10.4. The molecule has 1 aromatic rings. The smallest absolute Gasteiger partial charge is 0.243 e. The number of amides is 2. The molecule has 7 nitrogen and oxygen atoms in total. The van der Waals surface area contributed by atoms with E-state index in [-0.39, 0.29) is 29.0 Å². The van der Waals surface area contributed by atoms with Gasteiger partial charge < -0.3 is 10.2 Å². The molecule has 1 fully saturated rings. The maximum Gasteiger partial charge on any atom is 0.243 e. The predicted molar refractivity (Wildman–Crippen MR) is 114 cm³/mol. The topological polar surface area (TPSA) is 86.8 Å². The molecule has 1 aliphatic heterocycles. The van der Waals surface area contributed by atoms with Crippen LogP contribution >= 0.6 is 0 Å². The molecule has 8 heteroatoms. The number of hydrogen-bond donors (Lipinski definition) is 1. The van der Waals surface area contributed by atoms with Crippen LogP contribution in [0, 0.1) is 11.8 Å². The average molecular weight is 424 g/mol. The third-order valence-electron chi connectivity index (χ3n) is 4.91.